The highest BCUT2D eigenvalue weighted by Crippen LogP contribution is 2.26. The Bertz CT molecular complexity index is 799. The summed E-state index contributed by atoms with van der Waals surface area (Å²) < 4.78 is 23.6. The minimum Gasteiger partial charge on any atom is -0.772 e. The maximum absolute atomic E-state index is 11.8. The third-order valence-electron chi connectivity index (χ3n) is 4.29. The molecule has 148 valence electrons. The van der Waals surface area contributed by atoms with Gasteiger partial charge in [0.15, 0.2) is 0 Å². The van der Waals surface area contributed by atoms with E-state index in [0.29, 0.717) is 12.3 Å². The van der Waals surface area contributed by atoms with Crippen LogP contribution >= 0.6 is 11.8 Å². The monoisotopic (exact) mass is 411 g/mol. The van der Waals surface area contributed by atoms with Crippen LogP contribution in [0.15, 0.2) is 35.4 Å². The molecular weight excluding hydrogens is 388 g/mol. The SMILES string of the molecule is CCc1ccccc1SCc1cn(CCC(C)(CS(=O)[O-])C(=O)NO)nn1. The van der Waals surface area contributed by atoms with E-state index in [1.54, 1.807) is 28.1 Å². The average Bonchev–Trinajstić information content (AvgIpc) is 3.11. The van der Waals surface area contributed by atoms with Gasteiger partial charge in [0.1, 0.15) is 0 Å². The Kier molecular flexibility index (Phi) is 7.96. The number of nitrogens with zero attached hydrogens (tertiary/aromatic N) is 3. The standard InChI is InChI=1S/C17H24N4O4S2/c1-3-13-6-4-5-7-15(13)26-11-14-10-21(20-18-14)9-8-17(2,12-27(24)25)16(22)19-23/h4-7,10,23H,3,8-9,11-12H2,1-2H3,(H,19,22)(H,24,25)/p-1. The summed E-state index contributed by atoms with van der Waals surface area (Å²) in [6.45, 7) is 3.91. The smallest absolute Gasteiger partial charge is 0.250 e. The van der Waals surface area contributed by atoms with Crippen LogP contribution in [0.5, 0.6) is 0 Å². The topological polar surface area (TPSA) is 120 Å². The number of thioether (sulfide) groups is 1. The fourth-order valence-electron chi connectivity index (χ4n) is 2.61. The zero-order chi connectivity index (χ0) is 19.9. The minimum absolute atomic E-state index is 0.196. The van der Waals surface area contributed by atoms with E-state index in [9.17, 15) is 13.6 Å². The third-order valence-corrected chi connectivity index (χ3v) is 6.32. The van der Waals surface area contributed by atoms with Crippen molar-refractivity contribution in [2.75, 3.05) is 5.75 Å². The van der Waals surface area contributed by atoms with E-state index in [4.69, 9.17) is 5.21 Å². The maximum Gasteiger partial charge on any atom is 0.250 e. The van der Waals surface area contributed by atoms with Crippen LogP contribution < -0.4 is 5.48 Å². The van der Waals surface area contributed by atoms with E-state index < -0.39 is 22.4 Å². The minimum atomic E-state index is -2.41. The van der Waals surface area contributed by atoms with Crippen molar-refractivity contribution < 1.29 is 18.8 Å². The molecule has 0 aliphatic rings. The van der Waals surface area contributed by atoms with Crippen molar-refractivity contribution in [1.29, 1.82) is 0 Å². The van der Waals surface area contributed by atoms with Crippen LogP contribution in [0.3, 0.4) is 0 Å². The fraction of sp³-hybridized carbons (Fsp3) is 0.471. The molecule has 0 aliphatic carbocycles. The molecular formula is C17H23N4O4S2-. The number of carbonyl (C=O) groups excluding carboxylic acids is 1. The second-order valence-corrected chi connectivity index (χ2v) is 8.34. The van der Waals surface area contributed by atoms with Gasteiger partial charge in [0.05, 0.1) is 11.1 Å². The number of hydrogen-bond donors (Lipinski definition) is 2. The highest BCUT2D eigenvalue weighted by atomic mass is 32.2. The second kappa shape index (κ2) is 9.98. The Morgan fingerprint density at radius 3 is 2.85 bits per heavy atom. The summed E-state index contributed by atoms with van der Waals surface area (Å²) >= 11 is -0.724. The number of amides is 1. The lowest BCUT2D eigenvalue weighted by atomic mass is 9.88. The Balaban J connectivity index is 1.96. The molecule has 1 aromatic carbocycles. The summed E-state index contributed by atoms with van der Waals surface area (Å²) in [5.74, 6) is -0.459. The fourth-order valence-corrected chi connectivity index (χ4v) is 4.41. The van der Waals surface area contributed by atoms with Gasteiger partial charge >= 0.3 is 0 Å². The number of hydroxylamine groups is 1. The second-order valence-electron chi connectivity index (χ2n) is 6.42. The van der Waals surface area contributed by atoms with E-state index in [1.165, 1.54) is 17.4 Å². The van der Waals surface area contributed by atoms with E-state index in [-0.39, 0.29) is 12.2 Å². The van der Waals surface area contributed by atoms with Crippen molar-refractivity contribution in [2.24, 2.45) is 5.41 Å². The first-order valence-corrected chi connectivity index (χ1v) is 10.7. The van der Waals surface area contributed by atoms with Gasteiger partial charge in [-0.25, -0.2) is 5.48 Å². The molecule has 8 nitrogen and oxygen atoms in total. The van der Waals surface area contributed by atoms with Gasteiger partial charge in [0.25, 0.3) is 0 Å². The van der Waals surface area contributed by atoms with Crippen LogP contribution in [-0.4, -0.2) is 40.6 Å². The van der Waals surface area contributed by atoms with Crippen molar-refractivity contribution in [3.63, 3.8) is 0 Å². The van der Waals surface area contributed by atoms with Crippen LogP contribution in [0.4, 0.5) is 0 Å². The van der Waals surface area contributed by atoms with Gasteiger partial charge < -0.3 is 4.55 Å². The molecule has 0 saturated carbocycles. The molecule has 0 radical (unpaired) electrons. The normalized spacial score (nSPS) is 14.5. The number of hydrogen-bond acceptors (Lipinski definition) is 7. The molecule has 0 bridgehead atoms. The van der Waals surface area contributed by atoms with E-state index in [2.05, 4.69) is 29.4 Å². The summed E-state index contributed by atoms with van der Waals surface area (Å²) in [6.07, 6.45) is 2.94. The number of aryl methyl sites for hydroxylation is 2. The summed E-state index contributed by atoms with van der Waals surface area (Å²) in [5.41, 5.74) is 2.37. The van der Waals surface area contributed by atoms with Crippen LogP contribution in [0.25, 0.3) is 0 Å². The van der Waals surface area contributed by atoms with Gasteiger partial charge in [0, 0.05) is 29.1 Å². The quantitative estimate of drug-likeness (QED) is 0.265. The molecule has 0 saturated heterocycles. The molecule has 2 aromatic rings. The Morgan fingerprint density at radius 1 is 1.44 bits per heavy atom. The highest BCUT2D eigenvalue weighted by molar-refractivity contribution is 7.98. The van der Waals surface area contributed by atoms with Gasteiger partial charge in [-0.15, -0.1) is 16.9 Å². The molecule has 27 heavy (non-hydrogen) atoms. The van der Waals surface area contributed by atoms with Crippen LogP contribution in [0, 0.1) is 5.41 Å². The van der Waals surface area contributed by atoms with E-state index >= 15 is 0 Å². The molecule has 1 aromatic heterocycles. The lowest BCUT2D eigenvalue weighted by Crippen LogP contribution is -2.42. The molecule has 1 heterocycles. The molecule has 2 atom stereocenters. The third kappa shape index (κ3) is 6.13. The molecule has 0 spiro atoms. The van der Waals surface area contributed by atoms with Crippen molar-refractivity contribution in [1.82, 2.24) is 20.5 Å². The van der Waals surface area contributed by atoms with Gasteiger partial charge in [-0.1, -0.05) is 41.4 Å². The number of benzene rings is 1. The van der Waals surface area contributed by atoms with Crippen molar-refractivity contribution in [3.8, 4) is 0 Å². The predicted molar refractivity (Wildman–Crippen MR) is 102 cm³/mol. The number of rotatable bonds is 10. The number of carbonyl (C=O) groups is 1. The summed E-state index contributed by atoms with van der Waals surface area (Å²) in [6, 6.07) is 8.21. The zero-order valence-electron chi connectivity index (χ0n) is 15.3. The van der Waals surface area contributed by atoms with Gasteiger partial charge in [-0.2, -0.15) is 0 Å². The summed E-state index contributed by atoms with van der Waals surface area (Å²) in [5, 5.41) is 17.0. The number of aromatic nitrogens is 3. The highest BCUT2D eigenvalue weighted by Gasteiger charge is 2.33. The van der Waals surface area contributed by atoms with Crippen molar-refractivity contribution in [3.05, 3.63) is 41.7 Å². The summed E-state index contributed by atoms with van der Waals surface area (Å²) in [7, 11) is 0. The van der Waals surface area contributed by atoms with Crippen LogP contribution in [0.1, 0.15) is 31.5 Å². The largest absolute Gasteiger partial charge is 0.772 e. The number of nitrogens with one attached hydrogen (secondary N) is 1. The molecule has 2 unspecified atom stereocenters. The molecule has 2 rings (SSSR count). The molecule has 0 aliphatic heterocycles. The Labute approximate surface area is 165 Å². The molecule has 0 fully saturated rings. The van der Waals surface area contributed by atoms with Gasteiger partial charge in [0.2, 0.25) is 5.91 Å². The zero-order valence-corrected chi connectivity index (χ0v) is 16.9. The predicted octanol–water partition coefficient (Wildman–Crippen LogP) is 1.91. The first-order valence-electron chi connectivity index (χ1n) is 8.48. The summed E-state index contributed by atoms with van der Waals surface area (Å²) in [4.78, 5) is 13.0. The average molecular weight is 412 g/mol. The lowest BCUT2D eigenvalue weighted by Gasteiger charge is -2.27. The van der Waals surface area contributed by atoms with Crippen LogP contribution in [0.2, 0.25) is 0 Å². The van der Waals surface area contributed by atoms with Gasteiger partial charge in [-0.3, -0.25) is 18.9 Å². The van der Waals surface area contributed by atoms with E-state index in [0.717, 1.165) is 12.1 Å². The van der Waals surface area contributed by atoms with E-state index in [1.807, 2.05) is 12.1 Å². The van der Waals surface area contributed by atoms with Gasteiger partial charge in [-0.05, 0) is 31.4 Å². The van der Waals surface area contributed by atoms with Crippen LogP contribution in [-0.2, 0) is 34.6 Å². The van der Waals surface area contributed by atoms with Crippen molar-refractivity contribution >= 4 is 28.7 Å². The molecule has 1 amide bonds. The van der Waals surface area contributed by atoms with Crippen molar-refractivity contribution in [2.45, 2.75) is 43.9 Å². The Hall–Kier alpha value is -1.75. The lowest BCUT2D eigenvalue weighted by molar-refractivity contribution is -0.138. The molecule has 10 heteroatoms. The maximum atomic E-state index is 11.8. The molecule has 2 N–H and O–H groups in total. The first kappa shape index (κ1) is 21.5. The Morgan fingerprint density at radius 2 is 2.19 bits per heavy atom. The first-order chi connectivity index (χ1) is 12.9.